The standard InChI is InChI=1S/C22H37N5O3/c1-21(2,3)17-15-18(27(24-17)22(4,5)6)23-20(29)26-9-7-16(8-10-26)19(28)25-11-13-30-14-12-25/h15-16H,7-14H2,1-6H3,(H,23,29). The van der Waals surface area contributed by atoms with Gasteiger partial charge < -0.3 is 14.5 Å². The SMILES string of the molecule is CC(C)(C)c1cc(NC(=O)N2CCC(C(=O)N3CCOCC3)CC2)n(C(C)(C)C)n1. The summed E-state index contributed by atoms with van der Waals surface area (Å²) in [4.78, 5) is 29.4. The topological polar surface area (TPSA) is 79.7 Å². The van der Waals surface area contributed by atoms with Crippen molar-refractivity contribution in [3.05, 3.63) is 11.8 Å². The highest BCUT2D eigenvalue weighted by molar-refractivity contribution is 5.89. The Labute approximate surface area is 179 Å². The molecule has 0 spiro atoms. The molecule has 2 saturated heterocycles. The lowest BCUT2D eigenvalue weighted by Gasteiger charge is -2.35. The van der Waals surface area contributed by atoms with E-state index in [1.807, 2.05) is 15.6 Å². The lowest BCUT2D eigenvalue weighted by Crippen LogP contribution is -2.48. The van der Waals surface area contributed by atoms with Crippen molar-refractivity contribution in [2.45, 2.75) is 65.3 Å². The number of carbonyl (C=O) groups excluding carboxylic acids is 2. The van der Waals surface area contributed by atoms with Gasteiger partial charge in [-0.2, -0.15) is 5.10 Å². The van der Waals surface area contributed by atoms with Crippen LogP contribution in [-0.2, 0) is 20.5 Å². The second-order valence-corrected chi connectivity index (χ2v) is 10.4. The summed E-state index contributed by atoms with van der Waals surface area (Å²) in [5.41, 5.74) is 0.597. The number of likely N-dealkylation sites (tertiary alicyclic amines) is 1. The Morgan fingerprint density at radius 1 is 1.00 bits per heavy atom. The van der Waals surface area contributed by atoms with Crippen molar-refractivity contribution < 1.29 is 14.3 Å². The van der Waals surface area contributed by atoms with Gasteiger partial charge in [-0.15, -0.1) is 0 Å². The molecule has 1 aromatic rings. The number of hydrogen-bond donors (Lipinski definition) is 1. The lowest BCUT2D eigenvalue weighted by molar-refractivity contribution is -0.140. The van der Waals surface area contributed by atoms with Crippen LogP contribution in [0.2, 0.25) is 0 Å². The molecule has 2 aliphatic heterocycles. The molecule has 1 aromatic heterocycles. The van der Waals surface area contributed by atoms with E-state index in [1.165, 1.54) is 0 Å². The summed E-state index contributed by atoms with van der Waals surface area (Å²) in [5.74, 6) is 0.919. The van der Waals surface area contributed by atoms with Crippen molar-refractivity contribution in [2.24, 2.45) is 5.92 Å². The van der Waals surface area contributed by atoms with Crippen LogP contribution in [0.5, 0.6) is 0 Å². The number of ether oxygens (including phenoxy) is 1. The van der Waals surface area contributed by atoms with Gasteiger partial charge in [-0.1, -0.05) is 20.8 Å². The third-order valence-electron chi connectivity index (χ3n) is 5.80. The summed E-state index contributed by atoms with van der Waals surface area (Å²) >= 11 is 0. The number of carbonyl (C=O) groups is 2. The molecule has 2 fully saturated rings. The predicted molar refractivity (Wildman–Crippen MR) is 117 cm³/mol. The number of piperidine rings is 1. The fourth-order valence-electron chi connectivity index (χ4n) is 3.91. The molecule has 0 radical (unpaired) electrons. The van der Waals surface area contributed by atoms with Gasteiger partial charge in [-0.05, 0) is 33.6 Å². The highest BCUT2D eigenvalue weighted by atomic mass is 16.5. The number of morpholine rings is 1. The Bertz CT molecular complexity index is 761. The number of urea groups is 1. The molecule has 1 N–H and O–H groups in total. The summed E-state index contributed by atoms with van der Waals surface area (Å²) in [6.07, 6.45) is 1.41. The minimum absolute atomic E-state index is 0.000235. The van der Waals surface area contributed by atoms with Crippen LogP contribution in [0.15, 0.2) is 6.07 Å². The van der Waals surface area contributed by atoms with Crippen LogP contribution in [0.3, 0.4) is 0 Å². The van der Waals surface area contributed by atoms with Crippen LogP contribution in [0, 0.1) is 5.92 Å². The molecule has 0 atom stereocenters. The fraction of sp³-hybridized carbons (Fsp3) is 0.773. The predicted octanol–water partition coefficient (Wildman–Crippen LogP) is 3.04. The number of amides is 3. The van der Waals surface area contributed by atoms with Gasteiger partial charge in [0, 0.05) is 43.6 Å². The van der Waals surface area contributed by atoms with Gasteiger partial charge in [-0.25, -0.2) is 9.48 Å². The van der Waals surface area contributed by atoms with Crippen molar-refractivity contribution in [3.8, 4) is 0 Å². The van der Waals surface area contributed by atoms with Crippen LogP contribution < -0.4 is 5.32 Å². The lowest BCUT2D eigenvalue weighted by atomic mass is 9.92. The van der Waals surface area contributed by atoms with E-state index >= 15 is 0 Å². The minimum Gasteiger partial charge on any atom is -0.378 e. The van der Waals surface area contributed by atoms with Gasteiger partial charge in [0.2, 0.25) is 5.91 Å². The number of aromatic nitrogens is 2. The molecule has 8 nitrogen and oxygen atoms in total. The van der Waals surface area contributed by atoms with Crippen molar-refractivity contribution in [2.75, 3.05) is 44.7 Å². The van der Waals surface area contributed by atoms with E-state index in [9.17, 15) is 9.59 Å². The van der Waals surface area contributed by atoms with E-state index in [0.29, 0.717) is 58.1 Å². The van der Waals surface area contributed by atoms with Crippen molar-refractivity contribution >= 4 is 17.8 Å². The van der Waals surface area contributed by atoms with Crippen LogP contribution in [0.1, 0.15) is 60.1 Å². The largest absolute Gasteiger partial charge is 0.378 e. The van der Waals surface area contributed by atoms with Crippen LogP contribution in [-0.4, -0.2) is 70.9 Å². The quantitative estimate of drug-likeness (QED) is 0.799. The van der Waals surface area contributed by atoms with E-state index in [-0.39, 0.29) is 28.8 Å². The number of anilines is 1. The third kappa shape index (κ3) is 5.14. The van der Waals surface area contributed by atoms with E-state index in [0.717, 1.165) is 5.69 Å². The van der Waals surface area contributed by atoms with Gasteiger partial charge >= 0.3 is 6.03 Å². The van der Waals surface area contributed by atoms with Gasteiger partial charge in [0.1, 0.15) is 5.82 Å². The zero-order valence-electron chi connectivity index (χ0n) is 19.3. The highest BCUT2D eigenvalue weighted by Crippen LogP contribution is 2.29. The summed E-state index contributed by atoms with van der Waals surface area (Å²) in [5, 5.41) is 7.82. The summed E-state index contributed by atoms with van der Waals surface area (Å²) in [6.45, 7) is 16.3. The molecule has 3 heterocycles. The fourth-order valence-corrected chi connectivity index (χ4v) is 3.91. The Balaban J connectivity index is 1.62. The van der Waals surface area contributed by atoms with E-state index in [1.54, 1.807) is 4.90 Å². The molecular formula is C22H37N5O3. The van der Waals surface area contributed by atoms with Gasteiger partial charge in [-0.3, -0.25) is 10.1 Å². The molecule has 30 heavy (non-hydrogen) atoms. The summed E-state index contributed by atoms with van der Waals surface area (Å²) in [7, 11) is 0. The Hall–Kier alpha value is -2.09. The molecule has 0 saturated carbocycles. The smallest absolute Gasteiger partial charge is 0.323 e. The molecule has 3 rings (SSSR count). The zero-order valence-corrected chi connectivity index (χ0v) is 19.3. The summed E-state index contributed by atoms with van der Waals surface area (Å²) < 4.78 is 7.23. The van der Waals surface area contributed by atoms with Crippen LogP contribution in [0.25, 0.3) is 0 Å². The second-order valence-electron chi connectivity index (χ2n) is 10.4. The number of nitrogens with one attached hydrogen (secondary N) is 1. The van der Waals surface area contributed by atoms with E-state index in [2.05, 4.69) is 46.9 Å². The van der Waals surface area contributed by atoms with Crippen molar-refractivity contribution in [1.82, 2.24) is 19.6 Å². The van der Waals surface area contributed by atoms with E-state index < -0.39 is 0 Å². The first-order chi connectivity index (χ1) is 14.0. The number of nitrogens with zero attached hydrogens (tertiary/aromatic N) is 4. The van der Waals surface area contributed by atoms with Gasteiger partial charge in [0.25, 0.3) is 0 Å². The first-order valence-corrected chi connectivity index (χ1v) is 11.0. The van der Waals surface area contributed by atoms with Crippen LogP contribution >= 0.6 is 0 Å². The first kappa shape index (κ1) is 22.6. The minimum atomic E-state index is -0.246. The molecule has 8 heteroatoms. The first-order valence-electron chi connectivity index (χ1n) is 11.0. The maximum absolute atomic E-state index is 12.9. The summed E-state index contributed by atoms with van der Waals surface area (Å²) in [6, 6.07) is 1.84. The third-order valence-corrected chi connectivity index (χ3v) is 5.80. The molecule has 168 valence electrons. The highest BCUT2D eigenvalue weighted by Gasteiger charge is 2.32. The molecule has 0 bridgehead atoms. The van der Waals surface area contributed by atoms with Gasteiger partial charge in [0.05, 0.1) is 24.4 Å². The zero-order chi connectivity index (χ0) is 22.1. The average Bonchev–Trinajstić information content (AvgIpc) is 3.13. The number of rotatable bonds is 2. The maximum Gasteiger partial charge on any atom is 0.323 e. The Kier molecular flexibility index (Phi) is 6.45. The van der Waals surface area contributed by atoms with Crippen molar-refractivity contribution in [3.63, 3.8) is 0 Å². The molecule has 2 aliphatic rings. The van der Waals surface area contributed by atoms with E-state index in [4.69, 9.17) is 9.84 Å². The molecular weight excluding hydrogens is 382 g/mol. The second kappa shape index (κ2) is 8.57. The molecule has 3 amide bonds. The monoisotopic (exact) mass is 419 g/mol. The maximum atomic E-state index is 12.9. The average molecular weight is 420 g/mol. The van der Waals surface area contributed by atoms with Crippen molar-refractivity contribution in [1.29, 1.82) is 0 Å². The molecule has 0 unspecified atom stereocenters. The normalized spacial score (nSPS) is 19.1. The molecule has 0 aliphatic carbocycles. The Morgan fingerprint density at radius 3 is 2.13 bits per heavy atom. The van der Waals surface area contributed by atoms with Crippen LogP contribution in [0.4, 0.5) is 10.6 Å². The van der Waals surface area contributed by atoms with Gasteiger partial charge in [0.15, 0.2) is 0 Å². The number of hydrogen-bond acceptors (Lipinski definition) is 4. The molecule has 0 aromatic carbocycles. The Morgan fingerprint density at radius 2 is 1.60 bits per heavy atom.